The molecule has 1 atom stereocenters. The molecule has 0 saturated heterocycles. The second kappa shape index (κ2) is 6.35. The topological polar surface area (TPSA) is 54.2 Å². The van der Waals surface area contributed by atoms with Crippen LogP contribution in [-0.2, 0) is 0 Å². The van der Waals surface area contributed by atoms with E-state index in [2.05, 4.69) is 56.1 Å². The summed E-state index contributed by atoms with van der Waals surface area (Å²) in [5, 5.41) is 3.45. The molecule has 3 N–H and O–H groups in total. The van der Waals surface area contributed by atoms with E-state index in [4.69, 9.17) is 5.73 Å². The summed E-state index contributed by atoms with van der Waals surface area (Å²) in [5.41, 5.74) is 8.38. The molecule has 1 rings (SSSR count). The van der Waals surface area contributed by atoms with Crippen LogP contribution in [0, 0.1) is 6.92 Å². The molecule has 0 bridgehead atoms. The van der Waals surface area contributed by atoms with Gasteiger partial charge in [-0.05, 0) is 52.5 Å². The van der Waals surface area contributed by atoms with Gasteiger partial charge in [-0.3, -0.25) is 0 Å². The van der Waals surface area contributed by atoms with Gasteiger partial charge in [-0.1, -0.05) is 13.8 Å². The molecule has 0 aliphatic heterocycles. The molecule has 1 aromatic rings. The molecule has 0 aromatic carbocycles. The maximum atomic E-state index is 6.10. The normalized spacial score (nSPS) is 13.8. The molecule has 0 aliphatic rings. The van der Waals surface area contributed by atoms with E-state index >= 15 is 0 Å². The molecule has 0 fully saturated rings. The fraction of sp³-hybridized carbons (Fsp3) is 0.667. The lowest BCUT2D eigenvalue weighted by atomic mass is 9.79. The van der Waals surface area contributed by atoms with Gasteiger partial charge in [-0.2, -0.15) is 0 Å². The van der Waals surface area contributed by atoms with Gasteiger partial charge in [-0.25, -0.2) is 4.98 Å². The second-order valence-corrected chi connectivity index (χ2v) is 5.41. The summed E-state index contributed by atoms with van der Waals surface area (Å²) in [6.07, 6.45) is 3.92. The van der Waals surface area contributed by atoms with Crippen molar-refractivity contribution in [3.63, 3.8) is 0 Å². The Hall–Kier alpha value is -1.13. The van der Waals surface area contributed by atoms with Crippen molar-refractivity contribution < 1.29 is 0 Å². The second-order valence-electron chi connectivity index (χ2n) is 5.41. The van der Waals surface area contributed by atoms with Crippen LogP contribution in [0.5, 0.6) is 0 Å². The van der Waals surface area contributed by atoms with E-state index in [1.807, 2.05) is 13.2 Å². The predicted molar refractivity (Wildman–Crippen MR) is 82.2 cm³/mol. The van der Waals surface area contributed by atoms with Crippen LogP contribution in [0.25, 0.3) is 0 Å². The first-order valence-corrected chi connectivity index (χ1v) is 6.99. The van der Waals surface area contributed by atoms with Gasteiger partial charge in [-0.15, -0.1) is 0 Å². The van der Waals surface area contributed by atoms with E-state index in [1.165, 1.54) is 0 Å². The number of aromatic nitrogens is 1. The third-order valence-corrected chi connectivity index (χ3v) is 4.34. The van der Waals surface area contributed by atoms with E-state index in [-0.39, 0.29) is 11.6 Å². The van der Waals surface area contributed by atoms with Crippen molar-refractivity contribution >= 4 is 5.82 Å². The van der Waals surface area contributed by atoms with Crippen LogP contribution in [0.15, 0.2) is 12.3 Å². The number of likely N-dealkylation sites (N-methyl/N-ethyl adjacent to an activating group) is 2. The smallest absolute Gasteiger partial charge is 0.128 e. The van der Waals surface area contributed by atoms with Gasteiger partial charge in [0.1, 0.15) is 5.82 Å². The first-order chi connectivity index (χ1) is 8.92. The number of pyridine rings is 1. The van der Waals surface area contributed by atoms with E-state index < -0.39 is 0 Å². The number of hydrogen-bond donors (Lipinski definition) is 2. The number of nitrogens with two attached hydrogens (primary N) is 1. The summed E-state index contributed by atoms with van der Waals surface area (Å²) in [6.45, 7) is 6.51. The first kappa shape index (κ1) is 15.9. The summed E-state index contributed by atoms with van der Waals surface area (Å²) >= 11 is 0. The molecule has 0 radical (unpaired) electrons. The molecule has 1 unspecified atom stereocenters. The van der Waals surface area contributed by atoms with Gasteiger partial charge in [0.2, 0.25) is 0 Å². The molecule has 108 valence electrons. The Labute approximate surface area is 117 Å². The molecule has 0 aliphatic carbocycles. The van der Waals surface area contributed by atoms with Gasteiger partial charge < -0.3 is 16.0 Å². The molecular weight excluding hydrogens is 236 g/mol. The number of nitrogens with one attached hydrogen (secondary N) is 1. The fourth-order valence-corrected chi connectivity index (χ4v) is 3.10. The van der Waals surface area contributed by atoms with Crippen molar-refractivity contribution in [1.29, 1.82) is 0 Å². The lowest BCUT2D eigenvalue weighted by Crippen LogP contribution is -2.52. The van der Waals surface area contributed by atoms with E-state index in [0.717, 1.165) is 24.0 Å². The number of nitrogens with zero attached hydrogens (tertiary/aromatic N) is 2. The molecule has 0 spiro atoms. The van der Waals surface area contributed by atoms with Gasteiger partial charge in [0, 0.05) is 17.3 Å². The third kappa shape index (κ3) is 2.90. The summed E-state index contributed by atoms with van der Waals surface area (Å²) < 4.78 is 0. The standard InChI is InChI=1S/C15H28N4/c1-7-15(8-2,19(5)6)13(17-4)12-9-11(3)10-18-14(12)16/h9-10,13,17H,7-8H2,1-6H3,(H2,16,18). The van der Waals surface area contributed by atoms with Crippen molar-refractivity contribution in [2.75, 3.05) is 26.9 Å². The molecular formula is C15H28N4. The average molecular weight is 264 g/mol. The zero-order chi connectivity index (χ0) is 14.6. The van der Waals surface area contributed by atoms with Crippen molar-refractivity contribution in [1.82, 2.24) is 15.2 Å². The van der Waals surface area contributed by atoms with Gasteiger partial charge in [0.15, 0.2) is 0 Å². The largest absolute Gasteiger partial charge is 0.383 e. The zero-order valence-electron chi connectivity index (χ0n) is 13.1. The Balaban J connectivity index is 3.35. The SMILES string of the molecule is CCC(CC)(C(NC)c1cc(C)cnc1N)N(C)C. The maximum absolute atomic E-state index is 6.10. The van der Waals surface area contributed by atoms with Crippen LogP contribution in [-0.4, -0.2) is 36.6 Å². The molecule has 0 saturated carbocycles. The Bertz CT molecular complexity index is 411. The molecule has 1 heterocycles. The predicted octanol–water partition coefficient (Wildman–Crippen LogP) is 2.35. The molecule has 0 amide bonds. The Morgan fingerprint density at radius 1 is 1.37 bits per heavy atom. The minimum absolute atomic E-state index is 0.0400. The number of hydrogen-bond acceptors (Lipinski definition) is 4. The number of rotatable bonds is 6. The van der Waals surface area contributed by atoms with Crippen LogP contribution >= 0.6 is 0 Å². The highest BCUT2D eigenvalue weighted by molar-refractivity contribution is 5.44. The van der Waals surface area contributed by atoms with Crippen molar-refractivity contribution in [2.45, 2.75) is 45.2 Å². The summed E-state index contributed by atoms with van der Waals surface area (Å²) in [6, 6.07) is 2.32. The molecule has 1 aromatic heterocycles. The molecule has 4 nitrogen and oxygen atoms in total. The number of aryl methyl sites for hydroxylation is 1. The van der Waals surface area contributed by atoms with E-state index in [0.29, 0.717) is 5.82 Å². The maximum Gasteiger partial charge on any atom is 0.128 e. The minimum Gasteiger partial charge on any atom is -0.383 e. The minimum atomic E-state index is 0.0400. The van der Waals surface area contributed by atoms with Crippen molar-refractivity contribution in [3.8, 4) is 0 Å². The highest BCUT2D eigenvalue weighted by atomic mass is 15.2. The van der Waals surface area contributed by atoms with Crippen LogP contribution < -0.4 is 11.1 Å². The van der Waals surface area contributed by atoms with Crippen LogP contribution in [0.1, 0.15) is 43.9 Å². The Morgan fingerprint density at radius 2 is 1.95 bits per heavy atom. The number of anilines is 1. The quantitative estimate of drug-likeness (QED) is 0.828. The van der Waals surface area contributed by atoms with Gasteiger partial charge in [0.05, 0.1) is 6.04 Å². The van der Waals surface area contributed by atoms with Crippen molar-refractivity contribution in [3.05, 3.63) is 23.4 Å². The van der Waals surface area contributed by atoms with Crippen molar-refractivity contribution in [2.24, 2.45) is 0 Å². The Kier molecular flexibility index (Phi) is 5.32. The van der Waals surface area contributed by atoms with Gasteiger partial charge >= 0.3 is 0 Å². The lowest BCUT2D eigenvalue weighted by Gasteiger charge is -2.45. The van der Waals surface area contributed by atoms with Crippen LogP contribution in [0.3, 0.4) is 0 Å². The highest BCUT2D eigenvalue weighted by Crippen LogP contribution is 2.37. The average Bonchev–Trinajstić information content (AvgIpc) is 2.39. The van der Waals surface area contributed by atoms with Gasteiger partial charge in [0.25, 0.3) is 0 Å². The monoisotopic (exact) mass is 264 g/mol. The van der Waals surface area contributed by atoms with Crippen LogP contribution in [0.2, 0.25) is 0 Å². The summed E-state index contributed by atoms with van der Waals surface area (Å²) in [7, 11) is 6.27. The van der Waals surface area contributed by atoms with E-state index in [9.17, 15) is 0 Å². The Morgan fingerprint density at radius 3 is 2.37 bits per heavy atom. The number of nitrogen functional groups attached to an aromatic ring is 1. The summed E-state index contributed by atoms with van der Waals surface area (Å²) in [5.74, 6) is 0.623. The zero-order valence-corrected chi connectivity index (χ0v) is 13.1. The molecule has 19 heavy (non-hydrogen) atoms. The highest BCUT2D eigenvalue weighted by Gasteiger charge is 2.39. The molecule has 4 heteroatoms. The van der Waals surface area contributed by atoms with E-state index in [1.54, 1.807) is 0 Å². The lowest BCUT2D eigenvalue weighted by molar-refractivity contribution is 0.0919. The first-order valence-electron chi connectivity index (χ1n) is 6.99. The fourth-order valence-electron chi connectivity index (χ4n) is 3.10. The van der Waals surface area contributed by atoms with Crippen LogP contribution in [0.4, 0.5) is 5.82 Å². The third-order valence-electron chi connectivity index (χ3n) is 4.34. The summed E-state index contributed by atoms with van der Waals surface area (Å²) in [4.78, 5) is 6.61.